The molecule has 2 aromatic rings. The highest BCUT2D eigenvalue weighted by Crippen LogP contribution is 2.32. The molecule has 1 aliphatic heterocycles. The van der Waals surface area contributed by atoms with Gasteiger partial charge in [-0.05, 0) is 31.4 Å². The second kappa shape index (κ2) is 7.71. The van der Waals surface area contributed by atoms with Crippen molar-refractivity contribution in [2.24, 2.45) is 13.0 Å². The Bertz CT molecular complexity index is 668. The van der Waals surface area contributed by atoms with E-state index in [0.29, 0.717) is 5.92 Å². The molecule has 0 unspecified atom stereocenters. The van der Waals surface area contributed by atoms with Gasteiger partial charge < -0.3 is 14.0 Å². The number of hydrogen-bond donors (Lipinski definition) is 0. The van der Waals surface area contributed by atoms with E-state index in [2.05, 4.69) is 27.6 Å². The van der Waals surface area contributed by atoms with Crippen LogP contribution in [0.5, 0.6) is 11.5 Å². The first-order chi connectivity index (χ1) is 11.7. The Morgan fingerprint density at radius 3 is 2.83 bits per heavy atom. The smallest absolute Gasteiger partial charge is 0.165 e. The predicted octanol–water partition coefficient (Wildman–Crippen LogP) is 2.89. The van der Waals surface area contributed by atoms with Gasteiger partial charge in [-0.15, -0.1) is 0 Å². The number of para-hydroxylation sites is 1. The quantitative estimate of drug-likeness (QED) is 0.817. The Morgan fingerprint density at radius 1 is 1.25 bits per heavy atom. The highest BCUT2D eigenvalue weighted by Gasteiger charge is 2.23. The van der Waals surface area contributed by atoms with Crippen molar-refractivity contribution in [2.45, 2.75) is 25.8 Å². The number of nitrogens with zero attached hydrogens (tertiary/aromatic N) is 3. The maximum Gasteiger partial charge on any atom is 0.165 e. The summed E-state index contributed by atoms with van der Waals surface area (Å²) in [5.74, 6) is 3.50. The van der Waals surface area contributed by atoms with Crippen molar-refractivity contribution in [1.82, 2.24) is 14.5 Å². The molecule has 0 bridgehead atoms. The number of hydrogen-bond acceptors (Lipinski definition) is 4. The van der Waals surface area contributed by atoms with Gasteiger partial charge in [0, 0.05) is 44.5 Å². The van der Waals surface area contributed by atoms with Crippen molar-refractivity contribution in [3.63, 3.8) is 0 Å². The van der Waals surface area contributed by atoms with Crippen LogP contribution in [0.25, 0.3) is 0 Å². The van der Waals surface area contributed by atoms with Crippen LogP contribution < -0.4 is 9.47 Å². The van der Waals surface area contributed by atoms with Gasteiger partial charge in [-0.3, -0.25) is 4.90 Å². The third kappa shape index (κ3) is 3.73. The lowest BCUT2D eigenvalue weighted by molar-refractivity contribution is 0.163. The van der Waals surface area contributed by atoms with Gasteiger partial charge >= 0.3 is 0 Å². The lowest BCUT2D eigenvalue weighted by atomic mass is 9.94. The summed E-state index contributed by atoms with van der Waals surface area (Å²) in [4.78, 5) is 7.00. The molecule has 130 valence electrons. The molecule has 1 saturated heterocycles. The third-order valence-electron chi connectivity index (χ3n) is 4.87. The van der Waals surface area contributed by atoms with Crippen LogP contribution in [0.3, 0.4) is 0 Å². The molecule has 0 N–H and O–H groups in total. The second-order valence-corrected chi connectivity index (χ2v) is 6.55. The zero-order chi connectivity index (χ0) is 16.9. The largest absolute Gasteiger partial charge is 0.493 e. The molecule has 3 rings (SSSR count). The van der Waals surface area contributed by atoms with E-state index in [4.69, 9.17) is 9.47 Å². The lowest BCUT2D eigenvalue weighted by Crippen LogP contribution is -2.36. The second-order valence-electron chi connectivity index (χ2n) is 6.55. The molecular formula is C19H27N3O2. The van der Waals surface area contributed by atoms with Crippen LogP contribution in [0, 0.1) is 5.92 Å². The molecule has 1 atom stereocenters. The first kappa shape index (κ1) is 16.8. The zero-order valence-electron chi connectivity index (χ0n) is 14.9. The molecule has 1 aromatic heterocycles. The highest BCUT2D eigenvalue weighted by molar-refractivity contribution is 5.46. The van der Waals surface area contributed by atoms with Crippen molar-refractivity contribution < 1.29 is 9.47 Å². The summed E-state index contributed by atoms with van der Waals surface area (Å²) in [6, 6.07) is 6.11. The summed E-state index contributed by atoms with van der Waals surface area (Å²) >= 11 is 0. The van der Waals surface area contributed by atoms with Crippen LogP contribution in [0.1, 0.15) is 24.2 Å². The molecule has 5 nitrogen and oxygen atoms in total. The molecule has 2 heterocycles. The van der Waals surface area contributed by atoms with E-state index < -0.39 is 0 Å². The molecule has 0 aliphatic carbocycles. The van der Waals surface area contributed by atoms with E-state index in [1.165, 1.54) is 24.2 Å². The molecular weight excluding hydrogens is 302 g/mol. The summed E-state index contributed by atoms with van der Waals surface area (Å²) in [6.45, 7) is 3.14. The zero-order valence-corrected chi connectivity index (χ0v) is 14.9. The number of aryl methyl sites for hydroxylation is 1. The van der Waals surface area contributed by atoms with E-state index in [1.54, 1.807) is 14.2 Å². The van der Waals surface area contributed by atoms with E-state index in [1.807, 2.05) is 24.5 Å². The average molecular weight is 329 g/mol. The minimum absolute atomic E-state index is 0.663. The van der Waals surface area contributed by atoms with Crippen LogP contribution in [0.2, 0.25) is 0 Å². The number of piperidine rings is 1. The fourth-order valence-corrected chi connectivity index (χ4v) is 3.63. The van der Waals surface area contributed by atoms with Gasteiger partial charge in [-0.1, -0.05) is 12.1 Å². The standard InChI is InChI=1S/C19H27N3O2/c1-21-11-9-20-18(21)12-15-6-5-10-22(13-15)14-16-7-4-8-17(23-2)19(16)24-3/h4,7-9,11,15H,5-6,10,12-14H2,1-3H3/t15-/m0/s1. The molecule has 1 aliphatic rings. The summed E-state index contributed by atoms with van der Waals surface area (Å²) < 4.78 is 13.1. The Hall–Kier alpha value is -2.01. The van der Waals surface area contributed by atoms with Crippen molar-refractivity contribution in [3.05, 3.63) is 42.0 Å². The minimum Gasteiger partial charge on any atom is -0.493 e. The fourth-order valence-electron chi connectivity index (χ4n) is 3.63. The minimum atomic E-state index is 0.663. The van der Waals surface area contributed by atoms with Gasteiger partial charge in [-0.25, -0.2) is 4.98 Å². The van der Waals surface area contributed by atoms with E-state index in [9.17, 15) is 0 Å². The summed E-state index contributed by atoms with van der Waals surface area (Å²) in [6.07, 6.45) is 7.48. The molecule has 5 heteroatoms. The normalized spacial score (nSPS) is 18.5. The van der Waals surface area contributed by atoms with Gasteiger partial charge in [-0.2, -0.15) is 0 Å². The highest BCUT2D eigenvalue weighted by atomic mass is 16.5. The number of rotatable bonds is 6. The maximum absolute atomic E-state index is 5.57. The van der Waals surface area contributed by atoms with Gasteiger partial charge in [0.2, 0.25) is 0 Å². The number of ether oxygens (including phenoxy) is 2. The van der Waals surface area contributed by atoms with Gasteiger partial charge in [0.15, 0.2) is 11.5 Å². The number of aromatic nitrogens is 2. The monoisotopic (exact) mass is 329 g/mol. The SMILES string of the molecule is COc1cccc(CN2CCC[C@@H](Cc3nccn3C)C2)c1OC. The lowest BCUT2D eigenvalue weighted by Gasteiger charge is -2.33. The number of methoxy groups -OCH3 is 2. The van der Waals surface area contributed by atoms with Gasteiger partial charge in [0.1, 0.15) is 5.82 Å². The fraction of sp³-hybridized carbons (Fsp3) is 0.526. The molecule has 0 spiro atoms. The number of benzene rings is 1. The summed E-state index contributed by atoms with van der Waals surface area (Å²) in [5.41, 5.74) is 1.19. The van der Waals surface area contributed by atoms with Crippen molar-refractivity contribution >= 4 is 0 Å². The summed E-state index contributed by atoms with van der Waals surface area (Å²) in [5, 5.41) is 0. The van der Waals surface area contributed by atoms with Crippen LogP contribution in [-0.2, 0) is 20.0 Å². The Kier molecular flexibility index (Phi) is 5.41. The maximum atomic E-state index is 5.57. The van der Waals surface area contributed by atoms with E-state index >= 15 is 0 Å². The van der Waals surface area contributed by atoms with Crippen LogP contribution in [0.15, 0.2) is 30.6 Å². The van der Waals surface area contributed by atoms with Crippen LogP contribution in [-0.4, -0.2) is 41.8 Å². The molecule has 0 saturated carbocycles. The number of likely N-dealkylation sites (tertiary alicyclic amines) is 1. The number of imidazole rings is 1. The van der Waals surface area contributed by atoms with Crippen molar-refractivity contribution in [2.75, 3.05) is 27.3 Å². The summed E-state index contributed by atoms with van der Waals surface area (Å²) in [7, 11) is 5.47. The Morgan fingerprint density at radius 2 is 2.12 bits per heavy atom. The average Bonchev–Trinajstić information content (AvgIpc) is 3.00. The molecule has 1 fully saturated rings. The van der Waals surface area contributed by atoms with Crippen LogP contribution in [0.4, 0.5) is 0 Å². The van der Waals surface area contributed by atoms with E-state index in [-0.39, 0.29) is 0 Å². The first-order valence-electron chi connectivity index (χ1n) is 8.59. The van der Waals surface area contributed by atoms with Crippen molar-refractivity contribution in [3.8, 4) is 11.5 Å². The van der Waals surface area contributed by atoms with Gasteiger partial charge in [0.25, 0.3) is 0 Å². The van der Waals surface area contributed by atoms with Crippen molar-refractivity contribution in [1.29, 1.82) is 0 Å². The topological polar surface area (TPSA) is 39.5 Å². The third-order valence-corrected chi connectivity index (χ3v) is 4.87. The predicted molar refractivity (Wildman–Crippen MR) is 94.5 cm³/mol. The van der Waals surface area contributed by atoms with E-state index in [0.717, 1.165) is 37.6 Å². The molecule has 24 heavy (non-hydrogen) atoms. The Labute approximate surface area is 144 Å². The molecule has 0 radical (unpaired) electrons. The van der Waals surface area contributed by atoms with Crippen LogP contribution >= 0.6 is 0 Å². The Balaban J connectivity index is 1.66. The molecule has 1 aromatic carbocycles. The van der Waals surface area contributed by atoms with Gasteiger partial charge in [0.05, 0.1) is 14.2 Å². The first-order valence-corrected chi connectivity index (χ1v) is 8.59. The molecule has 0 amide bonds.